The molecule has 132 valence electrons. The van der Waals surface area contributed by atoms with Gasteiger partial charge in [0, 0.05) is 16.8 Å². The summed E-state index contributed by atoms with van der Waals surface area (Å²) in [7, 11) is 3.26. The highest BCUT2D eigenvalue weighted by Gasteiger charge is 2.14. The van der Waals surface area contributed by atoms with E-state index in [4.69, 9.17) is 21.7 Å². The van der Waals surface area contributed by atoms with Gasteiger partial charge in [0.15, 0.2) is 10.9 Å². The number of anilines is 1. The second kappa shape index (κ2) is 8.48. The monoisotopic (exact) mass is 358 g/mol. The molecule has 0 amide bonds. The van der Waals surface area contributed by atoms with Gasteiger partial charge in [-0.3, -0.25) is 4.79 Å². The zero-order valence-electron chi connectivity index (χ0n) is 14.8. The highest BCUT2D eigenvalue weighted by Crippen LogP contribution is 2.29. The average molecular weight is 358 g/mol. The molecule has 2 N–H and O–H groups in total. The molecule has 0 saturated carbocycles. The molecule has 0 aliphatic heterocycles. The summed E-state index contributed by atoms with van der Waals surface area (Å²) in [5, 5.41) is 6.82. The summed E-state index contributed by atoms with van der Waals surface area (Å²) in [6.07, 6.45) is 0. The molecule has 1 unspecified atom stereocenters. The molecule has 0 aromatic heterocycles. The van der Waals surface area contributed by atoms with Gasteiger partial charge < -0.3 is 20.1 Å². The third-order valence-corrected chi connectivity index (χ3v) is 4.02. The summed E-state index contributed by atoms with van der Waals surface area (Å²) in [5.74, 6) is 1.54. The fourth-order valence-corrected chi connectivity index (χ4v) is 2.70. The summed E-state index contributed by atoms with van der Waals surface area (Å²) >= 11 is 5.38. The predicted octanol–water partition coefficient (Wildman–Crippen LogP) is 3.95. The van der Waals surface area contributed by atoms with Gasteiger partial charge in [0.1, 0.15) is 11.5 Å². The maximum absolute atomic E-state index is 11.3. The second-order valence-electron chi connectivity index (χ2n) is 5.56. The number of nitrogens with one attached hydrogen (secondary N) is 2. The van der Waals surface area contributed by atoms with E-state index in [1.165, 1.54) is 6.92 Å². The van der Waals surface area contributed by atoms with Gasteiger partial charge in [-0.25, -0.2) is 0 Å². The van der Waals surface area contributed by atoms with E-state index in [0.717, 1.165) is 22.7 Å². The van der Waals surface area contributed by atoms with Gasteiger partial charge in [-0.2, -0.15) is 0 Å². The first kappa shape index (κ1) is 18.7. The predicted molar refractivity (Wildman–Crippen MR) is 104 cm³/mol. The van der Waals surface area contributed by atoms with Crippen molar-refractivity contribution in [2.75, 3.05) is 19.5 Å². The van der Waals surface area contributed by atoms with Gasteiger partial charge in [-0.15, -0.1) is 0 Å². The number of hydrogen-bond donors (Lipinski definition) is 2. The molecule has 0 spiro atoms. The quantitative estimate of drug-likeness (QED) is 0.602. The van der Waals surface area contributed by atoms with Crippen LogP contribution in [0.5, 0.6) is 11.5 Å². The number of rotatable bonds is 6. The third kappa shape index (κ3) is 4.93. The number of carbonyl (C=O) groups is 1. The van der Waals surface area contributed by atoms with Crippen LogP contribution in [0, 0.1) is 0 Å². The van der Waals surface area contributed by atoms with Crippen LogP contribution in [0.1, 0.15) is 35.8 Å². The van der Waals surface area contributed by atoms with Crippen molar-refractivity contribution in [2.24, 2.45) is 0 Å². The summed E-state index contributed by atoms with van der Waals surface area (Å²) in [4.78, 5) is 11.3. The SMILES string of the molecule is COc1ccc(OC)c(C(C)NC(=S)Nc2ccc(C(C)=O)cc2)c1. The van der Waals surface area contributed by atoms with E-state index in [1.54, 1.807) is 26.4 Å². The molecular formula is C19H22N2O3S. The Morgan fingerprint density at radius 2 is 1.76 bits per heavy atom. The van der Waals surface area contributed by atoms with Crippen LogP contribution < -0.4 is 20.1 Å². The Kier molecular flexibility index (Phi) is 6.36. The van der Waals surface area contributed by atoms with Crippen LogP contribution in [0.2, 0.25) is 0 Å². The Hall–Kier alpha value is -2.60. The number of methoxy groups -OCH3 is 2. The van der Waals surface area contributed by atoms with Gasteiger partial charge in [0.05, 0.1) is 20.3 Å². The summed E-state index contributed by atoms with van der Waals surface area (Å²) in [6.45, 7) is 3.53. The minimum atomic E-state index is -0.0819. The standard InChI is InChI=1S/C19H22N2O3S/c1-12(17-11-16(23-3)9-10-18(17)24-4)20-19(25)21-15-7-5-14(6-8-15)13(2)22/h5-12H,1-4H3,(H2,20,21,25). The van der Waals surface area contributed by atoms with Crippen LogP contribution in [-0.2, 0) is 0 Å². The van der Waals surface area contributed by atoms with Crippen LogP contribution in [0.15, 0.2) is 42.5 Å². The minimum Gasteiger partial charge on any atom is -0.497 e. The van der Waals surface area contributed by atoms with Crippen molar-refractivity contribution in [3.05, 3.63) is 53.6 Å². The van der Waals surface area contributed by atoms with Crippen molar-refractivity contribution in [1.29, 1.82) is 0 Å². The van der Waals surface area contributed by atoms with E-state index < -0.39 is 0 Å². The van der Waals surface area contributed by atoms with Crippen LogP contribution in [0.25, 0.3) is 0 Å². The fraction of sp³-hybridized carbons (Fsp3) is 0.263. The fourth-order valence-electron chi connectivity index (χ4n) is 2.41. The maximum Gasteiger partial charge on any atom is 0.171 e. The Labute approximate surface area is 153 Å². The zero-order valence-corrected chi connectivity index (χ0v) is 15.6. The lowest BCUT2D eigenvalue weighted by Crippen LogP contribution is -2.31. The first-order valence-corrected chi connectivity index (χ1v) is 8.26. The van der Waals surface area contributed by atoms with E-state index in [9.17, 15) is 4.79 Å². The first-order valence-electron chi connectivity index (χ1n) is 7.85. The molecule has 25 heavy (non-hydrogen) atoms. The Morgan fingerprint density at radius 3 is 2.32 bits per heavy atom. The molecule has 6 heteroatoms. The van der Waals surface area contributed by atoms with Crippen molar-refractivity contribution < 1.29 is 14.3 Å². The Balaban J connectivity index is 2.06. The van der Waals surface area contributed by atoms with Gasteiger partial charge in [0.2, 0.25) is 0 Å². The van der Waals surface area contributed by atoms with E-state index in [-0.39, 0.29) is 11.8 Å². The lowest BCUT2D eigenvalue weighted by atomic mass is 10.1. The van der Waals surface area contributed by atoms with Crippen molar-refractivity contribution >= 4 is 28.8 Å². The second-order valence-corrected chi connectivity index (χ2v) is 5.97. The van der Waals surface area contributed by atoms with Crippen molar-refractivity contribution in [3.8, 4) is 11.5 Å². The molecule has 5 nitrogen and oxygen atoms in total. The topological polar surface area (TPSA) is 59.6 Å². The number of ether oxygens (including phenoxy) is 2. The van der Waals surface area contributed by atoms with Crippen molar-refractivity contribution in [2.45, 2.75) is 19.9 Å². The smallest absolute Gasteiger partial charge is 0.171 e. The molecule has 0 aliphatic rings. The largest absolute Gasteiger partial charge is 0.497 e. The van der Waals surface area contributed by atoms with Crippen molar-refractivity contribution in [3.63, 3.8) is 0 Å². The lowest BCUT2D eigenvalue weighted by molar-refractivity contribution is 0.101. The summed E-state index contributed by atoms with van der Waals surface area (Å²) < 4.78 is 10.7. The molecule has 1 atom stereocenters. The Bertz CT molecular complexity index is 760. The number of Topliss-reactive ketones (excluding diaryl/α,β-unsaturated/α-hetero) is 1. The number of carbonyl (C=O) groups excluding carboxylic acids is 1. The highest BCUT2D eigenvalue weighted by molar-refractivity contribution is 7.80. The van der Waals surface area contributed by atoms with E-state index in [0.29, 0.717) is 10.7 Å². The molecule has 0 saturated heterocycles. The van der Waals surface area contributed by atoms with E-state index in [2.05, 4.69) is 10.6 Å². The molecule has 0 radical (unpaired) electrons. The lowest BCUT2D eigenvalue weighted by Gasteiger charge is -2.20. The molecular weight excluding hydrogens is 336 g/mol. The Morgan fingerprint density at radius 1 is 1.08 bits per heavy atom. The summed E-state index contributed by atoms with van der Waals surface area (Å²) in [5.41, 5.74) is 2.42. The number of hydrogen-bond acceptors (Lipinski definition) is 4. The molecule has 0 bridgehead atoms. The molecule has 2 rings (SSSR count). The molecule has 2 aromatic carbocycles. The summed E-state index contributed by atoms with van der Waals surface area (Å²) in [6, 6.07) is 12.7. The van der Waals surface area contributed by atoms with Gasteiger partial charge in [0.25, 0.3) is 0 Å². The highest BCUT2D eigenvalue weighted by atomic mass is 32.1. The van der Waals surface area contributed by atoms with E-state index >= 15 is 0 Å². The zero-order chi connectivity index (χ0) is 18.4. The molecule has 0 aliphatic carbocycles. The van der Waals surface area contributed by atoms with Crippen LogP contribution >= 0.6 is 12.2 Å². The number of ketones is 1. The maximum atomic E-state index is 11.3. The normalized spacial score (nSPS) is 11.4. The third-order valence-electron chi connectivity index (χ3n) is 3.80. The molecule has 0 fully saturated rings. The number of thiocarbonyl (C=S) groups is 1. The molecule has 2 aromatic rings. The van der Waals surface area contributed by atoms with Crippen LogP contribution in [0.3, 0.4) is 0 Å². The van der Waals surface area contributed by atoms with Gasteiger partial charge >= 0.3 is 0 Å². The van der Waals surface area contributed by atoms with Crippen LogP contribution in [0.4, 0.5) is 5.69 Å². The van der Waals surface area contributed by atoms with Gasteiger partial charge in [-0.05, 0) is 68.5 Å². The first-order chi connectivity index (χ1) is 11.9. The van der Waals surface area contributed by atoms with Gasteiger partial charge in [-0.1, -0.05) is 0 Å². The number of benzene rings is 2. The minimum absolute atomic E-state index is 0.0333. The van der Waals surface area contributed by atoms with Crippen LogP contribution in [-0.4, -0.2) is 25.1 Å². The molecule has 0 heterocycles. The average Bonchev–Trinajstić information content (AvgIpc) is 2.61. The van der Waals surface area contributed by atoms with Crippen molar-refractivity contribution in [1.82, 2.24) is 5.32 Å². The van der Waals surface area contributed by atoms with E-state index in [1.807, 2.05) is 37.3 Å².